The Morgan fingerprint density at radius 2 is 1.81 bits per heavy atom. The number of rotatable bonds is 6. The summed E-state index contributed by atoms with van der Waals surface area (Å²) >= 11 is 0. The molecule has 1 aliphatic heterocycles. The van der Waals surface area contributed by atoms with Gasteiger partial charge < -0.3 is 9.84 Å². The van der Waals surface area contributed by atoms with Gasteiger partial charge in [-0.2, -0.15) is 5.10 Å². The number of aromatic hydroxyl groups is 1. The molecule has 5 heteroatoms. The van der Waals surface area contributed by atoms with E-state index in [9.17, 15) is 5.11 Å². The van der Waals surface area contributed by atoms with Crippen molar-refractivity contribution in [3.8, 4) is 11.5 Å². The van der Waals surface area contributed by atoms with Gasteiger partial charge in [0.2, 0.25) is 0 Å². The largest absolute Gasteiger partial charge is 0.504 e. The fraction of sp³-hybridized carbons (Fsp3) is 0.381. The minimum absolute atomic E-state index is 0.161. The summed E-state index contributed by atoms with van der Waals surface area (Å²) < 4.78 is 5.42. The molecule has 0 atom stereocenters. The Bertz CT molecular complexity index is 735. The smallest absolute Gasteiger partial charge is 0.161 e. The quantitative estimate of drug-likeness (QED) is 0.810. The molecular formula is C21H27N3O2. The number of phenols is 1. The van der Waals surface area contributed by atoms with Gasteiger partial charge in [-0.3, -0.25) is 9.91 Å². The van der Waals surface area contributed by atoms with Crippen LogP contribution >= 0.6 is 0 Å². The van der Waals surface area contributed by atoms with Crippen molar-refractivity contribution >= 4 is 6.21 Å². The van der Waals surface area contributed by atoms with Crippen LogP contribution in [0.15, 0.2) is 47.6 Å². The van der Waals surface area contributed by atoms with Gasteiger partial charge in [-0.1, -0.05) is 29.8 Å². The third-order valence-electron chi connectivity index (χ3n) is 4.53. The molecule has 2 aromatic rings. The Hall–Kier alpha value is -2.53. The van der Waals surface area contributed by atoms with Gasteiger partial charge in [0.05, 0.1) is 12.8 Å². The van der Waals surface area contributed by atoms with Crippen molar-refractivity contribution in [1.82, 2.24) is 9.91 Å². The minimum atomic E-state index is 0.161. The van der Waals surface area contributed by atoms with Gasteiger partial charge in [0.15, 0.2) is 11.5 Å². The van der Waals surface area contributed by atoms with Gasteiger partial charge in [0, 0.05) is 32.7 Å². The molecule has 0 saturated carbocycles. The van der Waals surface area contributed by atoms with E-state index < -0.39 is 0 Å². The molecule has 1 saturated heterocycles. The highest BCUT2D eigenvalue weighted by atomic mass is 16.5. The lowest BCUT2D eigenvalue weighted by Crippen LogP contribution is -2.43. The number of phenolic OH excluding ortho intramolecular Hbond substituents is 1. The van der Waals surface area contributed by atoms with Crippen molar-refractivity contribution in [3.05, 3.63) is 59.2 Å². The molecule has 1 heterocycles. The van der Waals surface area contributed by atoms with Crippen LogP contribution in [0, 0.1) is 6.92 Å². The maximum Gasteiger partial charge on any atom is 0.161 e. The molecule has 0 unspecified atom stereocenters. The molecule has 0 bridgehead atoms. The van der Waals surface area contributed by atoms with Crippen LogP contribution < -0.4 is 4.74 Å². The molecule has 0 aromatic heterocycles. The predicted octanol–water partition coefficient (Wildman–Crippen LogP) is 3.25. The zero-order valence-electron chi connectivity index (χ0n) is 15.6. The summed E-state index contributed by atoms with van der Waals surface area (Å²) in [5.41, 5.74) is 3.59. The first-order chi connectivity index (χ1) is 12.6. The first-order valence-electron chi connectivity index (χ1n) is 9.16. The molecule has 0 amide bonds. The lowest BCUT2D eigenvalue weighted by atomic mass is 10.1. The number of hydrogen-bond donors (Lipinski definition) is 1. The molecule has 2 aromatic carbocycles. The third-order valence-corrected chi connectivity index (χ3v) is 4.53. The second-order valence-corrected chi connectivity index (χ2v) is 6.62. The molecule has 0 spiro atoms. The topological polar surface area (TPSA) is 48.3 Å². The molecule has 5 nitrogen and oxygen atoms in total. The van der Waals surface area contributed by atoms with E-state index >= 15 is 0 Å². The van der Waals surface area contributed by atoms with Gasteiger partial charge in [-0.25, -0.2) is 0 Å². The van der Waals surface area contributed by atoms with Crippen molar-refractivity contribution in [2.45, 2.75) is 20.4 Å². The summed E-state index contributed by atoms with van der Waals surface area (Å²) in [5, 5.41) is 16.4. The Labute approximate surface area is 155 Å². The van der Waals surface area contributed by atoms with E-state index in [1.807, 2.05) is 25.3 Å². The highest BCUT2D eigenvalue weighted by Gasteiger charge is 2.15. The Balaban J connectivity index is 1.51. The number of hydrogen-bond acceptors (Lipinski definition) is 5. The average molecular weight is 353 g/mol. The lowest BCUT2D eigenvalue weighted by molar-refractivity contribution is 0.131. The van der Waals surface area contributed by atoms with Crippen LogP contribution in [0.3, 0.4) is 0 Å². The highest BCUT2D eigenvalue weighted by molar-refractivity contribution is 5.80. The number of hydrazone groups is 1. The van der Waals surface area contributed by atoms with Gasteiger partial charge in [-0.05, 0) is 43.2 Å². The number of aryl methyl sites for hydroxylation is 1. The zero-order valence-corrected chi connectivity index (χ0v) is 15.6. The van der Waals surface area contributed by atoms with E-state index in [1.165, 1.54) is 11.1 Å². The van der Waals surface area contributed by atoms with Crippen LogP contribution in [0.5, 0.6) is 11.5 Å². The van der Waals surface area contributed by atoms with Gasteiger partial charge in [-0.15, -0.1) is 0 Å². The van der Waals surface area contributed by atoms with Crippen LogP contribution in [0.2, 0.25) is 0 Å². The van der Waals surface area contributed by atoms with E-state index in [4.69, 9.17) is 4.74 Å². The predicted molar refractivity (Wildman–Crippen MR) is 105 cm³/mol. The molecule has 1 fully saturated rings. The maximum absolute atomic E-state index is 9.76. The van der Waals surface area contributed by atoms with E-state index in [-0.39, 0.29) is 5.75 Å². The normalized spacial score (nSPS) is 15.5. The molecule has 1 N–H and O–H groups in total. The Kier molecular flexibility index (Phi) is 6.12. The Morgan fingerprint density at radius 3 is 2.50 bits per heavy atom. The van der Waals surface area contributed by atoms with Crippen LogP contribution in [0.4, 0.5) is 0 Å². The lowest BCUT2D eigenvalue weighted by Gasteiger charge is -2.33. The van der Waals surface area contributed by atoms with Crippen molar-refractivity contribution in [1.29, 1.82) is 0 Å². The monoisotopic (exact) mass is 353 g/mol. The first kappa shape index (κ1) is 18.3. The van der Waals surface area contributed by atoms with Crippen molar-refractivity contribution in [2.24, 2.45) is 5.10 Å². The molecular weight excluding hydrogens is 326 g/mol. The second kappa shape index (κ2) is 8.72. The second-order valence-electron chi connectivity index (χ2n) is 6.62. The van der Waals surface area contributed by atoms with E-state index in [0.717, 1.165) is 38.3 Å². The van der Waals surface area contributed by atoms with Gasteiger partial charge in [0.25, 0.3) is 0 Å². The first-order valence-corrected chi connectivity index (χ1v) is 9.16. The molecule has 1 aliphatic rings. The SMILES string of the molecule is CCOc1cc(/C=N\N2CCN(Cc3ccc(C)cc3)CC2)ccc1O. The Morgan fingerprint density at radius 1 is 1.08 bits per heavy atom. The summed E-state index contributed by atoms with van der Waals surface area (Å²) in [6, 6.07) is 14.1. The van der Waals surface area contributed by atoms with E-state index in [1.54, 1.807) is 6.07 Å². The van der Waals surface area contributed by atoms with Crippen LogP contribution in [0.1, 0.15) is 23.6 Å². The van der Waals surface area contributed by atoms with Crippen LogP contribution in [-0.2, 0) is 6.54 Å². The summed E-state index contributed by atoms with van der Waals surface area (Å²) in [7, 11) is 0. The zero-order chi connectivity index (χ0) is 18.4. The maximum atomic E-state index is 9.76. The van der Waals surface area contributed by atoms with Crippen molar-refractivity contribution < 1.29 is 9.84 Å². The average Bonchev–Trinajstić information content (AvgIpc) is 2.65. The fourth-order valence-corrected chi connectivity index (χ4v) is 2.99. The van der Waals surface area contributed by atoms with E-state index in [2.05, 4.69) is 46.2 Å². The van der Waals surface area contributed by atoms with Crippen LogP contribution in [0.25, 0.3) is 0 Å². The number of piperazine rings is 1. The fourth-order valence-electron chi connectivity index (χ4n) is 2.99. The van der Waals surface area contributed by atoms with Crippen molar-refractivity contribution in [3.63, 3.8) is 0 Å². The summed E-state index contributed by atoms with van der Waals surface area (Å²) in [5.74, 6) is 0.660. The van der Waals surface area contributed by atoms with E-state index in [0.29, 0.717) is 12.4 Å². The standard InChI is InChI=1S/C21H27N3O2/c1-3-26-21-14-19(8-9-20(21)25)15-22-24-12-10-23(11-13-24)16-18-6-4-17(2)5-7-18/h4-9,14-15,25H,3,10-13,16H2,1-2H3/b22-15-. The third kappa shape index (κ3) is 4.99. The molecule has 0 aliphatic carbocycles. The van der Waals surface area contributed by atoms with Crippen molar-refractivity contribution in [2.75, 3.05) is 32.8 Å². The summed E-state index contributed by atoms with van der Waals surface area (Å²) in [6.45, 7) is 9.38. The molecule has 0 radical (unpaired) electrons. The number of benzene rings is 2. The molecule has 3 rings (SSSR count). The van der Waals surface area contributed by atoms with Gasteiger partial charge >= 0.3 is 0 Å². The summed E-state index contributed by atoms with van der Waals surface area (Å²) in [6.07, 6.45) is 1.83. The highest BCUT2D eigenvalue weighted by Crippen LogP contribution is 2.26. The minimum Gasteiger partial charge on any atom is -0.504 e. The number of ether oxygens (including phenoxy) is 1. The van der Waals surface area contributed by atoms with Gasteiger partial charge in [0.1, 0.15) is 0 Å². The van der Waals surface area contributed by atoms with Crippen LogP contribution in [-0.4, -0.2) is 54.0 Å². The molecule has 138 valence electrons. The summed E-state index contributed by atoms with van der Waals surface area (Å²) in [4.78, 5) is 2.46. The number of nitrogens with zero attached hydrogens (tertiary/aromatic N) is 3. The molecule has 26 heavy (non-hydrogen) atoms.